The second kappa shape index (κ2) is 5.53. The summed E-state index contributed by atoms with van der Waals surface area (Å²) >= 11 is 0. The summed E-state index contributed by atoms with van der Waals surface area (Å²) in [5.74, 6) is -1.23. The van der Waals surface area contributed by atoms with Crippen molar-refractivity contribution in [3.05, 3.63) is 17.3 Å². The van der Waals surface area contributed by atoms with E-state index in [1.165, 1.54) is 0 Å². The first kappa shape index (κ1) is 14.0. The Kier molecular flexibility index (Phi) is 4.31. The third-order valence-electron chi connectivity index (χ3n) is 2.00. The first-order valence-corrected chi connectivity index (χ1v) is 4.66. The number of nitriles is 1. The molecule has 0 spiro atoms. The Balaban J connectivity index is 3.36. The minimum Gasteiger partial charge on any atom is -0.478 e. The monoisotopic (exact) mass is 264 g/mol. The van der Waals surface area contributed by atoms with E-state index in [9.17, 15) is 17.6 Å². The minimum absolute atomic E-state index is 0.142. The van der Waals surface area contributed by atoms with Crippen LogP contribution in [-0.2, 0) is 13.1 Å². The fraction of sp³-hybridized carbons (Fsp3) is 0.400. The summed E-state index contributed by atoms with van der Waals surface area (Å²) in [5, 5.41) is 8.56. The summed E-state index contributed by atoms with van der Waals surface area (Å²) in [5.41, 5.74) is -0.360. The van der Waals surface area contributed by atoms with Crippen LogP contribution in [0.2, 0.25) is 0 Å². The molecular weight excluding hydrogens is 256 g/mol. The van der Waals surface area contributed by atoms with Gasteiger partial charge in [-0.3, -0.25) is 0 Å². The molecule has 0 atom stereocenters. The van der Waals surface area contributed by atoms with Gasteiger partial charge in [0.25, 0.3) is 5.88 Å². The van der Waals surface area contributed by atoms with Gasteiger partial charge in [-0.15, -0.1) is 13.2 Å². The lowest BCUT2D eigenvalue weighted by Crippen LogP contribution is -2.19. The number of ether oxygens (including phenoxy) is 2. The number of pyridine rings is 1. The van der Waals surface area contributed by atoms with Crippen molar-refractivity contribution in [3.8, 4) is 17.7 Å². The first-order valence-electron chi connectivity index (χ1n) is 4.66. The summed E-state index contributed by atoms with van der Waals surface area (Å²) in [7, 11) is 1.09. The smallest absolute Gasteiger partial charge is 0.478 e. The van der Waals surface area contributed by atoms with E-state index in [0.29, 0.717) is 0 Å². The van der Waals surface area contributed by atoms with Crippen molar-refractivity contribution in [2.75, 3.05) is 7.11 Å². The highest BCUT2D eigenvalue weighted by Crippen LogP contribution is 2.36. The lowest BCUT2D eigenvalue weighted by Gasteiger charge is -2.16. The summed E-state index contributed by atoms with van der Waals surface area (Å²) in [4.78, 5) is 3.50. The fourth-order valence-corrected chi connectivity index (χ4v) is 1.30. The van der Waals surface area contributed by atoms with Crippen molar-refractivity contribution in [3.63, 3.8) is 0 Å². The van der Waals surface area contributed by atoms with Gasteiger partial charge in [-0.25, -0.2) is 9.37 Å². The number of aromatic nitrogens is 1. The lowest BCUT2D eigenvalue weighted by atomic mass is 10.1. The van der Waals surface area contributed by atoms with E-state index >= 15 is 0 Å². The predicted molar refractivity (Wildman–Crippen MR) is 51.6 cm³/mol. The number of halogens is 4. The van der Waals surface area contributed by atoms with Crippen LogP contribution in [-0.4, -0.2) is 18.5 Å². The van der Waals surface area contributed by atoms with Gasteiger partial charge < -0.3 is 9.47 Å². The van der Waals surface area contributed by atoms with Gasteiger partial charge in [-0.2, -0.15) is 5.26 Å². The van der Waals surface area contributed by atoms with Gasteiger partial charge in [0.05, 0.1) is 19.6 Å². The average Bonchev–Trinajstić information content (AvgIpc) is 2.29. The molecule has 0 fully saturated rings. The van der Waals surface area contributed by atoms with Gasteiger partial charge >= 0.3 is 6.36 Å². The van der Waals surface area contributed by atoms with E-state index in [1.807, 2.05) is 0 Å². The van der Waals surface area contributed by atoms with Crippen LogP contribution in [0.25, 0.3) is 0 Å². The van der Waals surface area contributed by atoms with Crippen LogP contribution in [0.1, 0.15) is 11.1 Å². The highest BCUT2D eigenvalue weighted by molar-refractivity contribution is 5.47. The Bertz CT molecular complexity index is 468. The Morgan fingerprint density at radius 3 is 2.56 bits per heavy atom. The molecule has 4 nitrogen and oxygen atoms in total. The van der Waals surface area contributed by atoms with E-state index in [4.69, 9.17) is 5.26 Å². The largest absolute Gasteiger partial charge is 0.573 e. The topological polar surface area (TPSA) is 55.1 Å². The van der Waals surface area contributed by atoms with Gasteiger partial charge in [0, 0.05) is 17.3 Å². The molecule has 18 heavy (non-hydrogen) atoms. The van der Waals surface area contributed by atoms with Crippen LogP contribution in [0.4, 0.5) is 17.6 Å². The highest BCUT2D eigenvalue weighted by Gasteiger charge is 2.34. The molecular formula is C10H8F4N2O2. The molecule has 1 aromatic rings. The van der Waals surface area contributed by atoms with E-state index in [1.54, 1.807) is 6.07 Å². The summed E-state index contributed by atoms with van der Waals surface area (Å²) in [6.45, 7) is -1.05. The third-order valence-corrected chi connectivity index (χ3v) is 2.00. The maximum absolute atomic E-state index is 12.6. The molecule has 0 saturated carbocycles. The Hall–Kier alpha value is -2.04. The zero-order chi connectivity index (χ0) is 13.8. The molecule has 98 valence electrons. The Morgan fingerprint density at radius 2 is 2.11 bits per heavy atom. The van der Waals surface area contributed by atoms with Gasteiger partial charge in [0.15, 0.2) is 5.75 Å². The fourth-order valence-electron chi connectivity index (χ4n) is 1.30. The molecule has 0 aromatic carbocycles. The van der Waals surface area contributed by atoms with Crippen LogP contribution in [0.5, 0.6) is 11.6 Å². The van der Waals surface area contributed by atoms with Crippen molar-refractivity contribution in [2.24, 2.45) is 0 Å². The number of nitrogens with zero attached hydrogens (tertiary/aromatic N) is 2. The van der Waals surface area contributed by atoms with Crippen molar-refractivity contribution in [1.82, 2.24) is 4.98 Å². The van der Waals surface area contributed by atoms with Crippen LogP contribution in [0.3, 0.4) is 0 Å². The van der Waals surface area contributed by atoms with Crippen molar-refractivity contribution in [1.29, 1.82) is 5.26 Å². The molecule has 0 radical (unpaired) electrons. The van der Waals surface area contributed by atoms with Crippen LogP contribution in [0, 0.1) is 11.3 Å². The zero-order valence-electron chi connectivity index (χ0n) is 9.21. The molecule has 0 aliphatic rings. The molecule has 1 rings (SSSR count). The first-order chi connectivity index (χ1) is 8.42. The van der Waals surface area contributed by atoms with Crippen molar-refractivity contribution >= 4 is 0 Å². The van der Waals surface area contributed by atoms with E-state index < -0.39 is 31.1 Å². The van der Waals surface area contributed by atoms with Crippen LogP contribution >= 0.6 is 0 Å². The Labute approximate surface area is 99.8 Å². The normalized spacial score (nSPS) is 10.9. The second-order valence-electron chi connectivity index (χ2n) is 3.12. The van der Waals surface area contributed by atoms with Crippen LogP contribution in [0.15, 0.2) is 6.20 Å². The van der Waals surface area contributed by atoms with Crippen molar-refractivity contribution in [2.45, 2.75) is 19.5 Å². The van der Waals surface area contributed by atoms with E-state index in [2.05, 4.69) is 14.5 Å². The predicted octanol–water partition coefficient (Wildman–Crippen LogP) is 2.52. The van der Waals surface area contributed by atoms with E-state index in [0.717, 1.165) is 13.3 Å². The molecule has 0 saturated heterocycles. The van der Waals surface area contributed by atoms with E-state index in [-0.39, 0.29) is 11.1 Å². The quantitative estimate of drug-likeness (QED) is 0.784. The minimum atomic E-state index is -4.98. The molecule has 0 unspecified atom stereocenters. The molecule has 0 aliphatic carbocycles. The van der Waals surface area contributed by atoms with Gasteiger partial charge in [-0.1, -0.05) is 0 Å². The number of rotatable bonds is 4. The maximum Gasteiger partial charge on any atom is 0.573 e. The second-order valence-corrected chi connectivity index (χ2v) is 3.12. The molecule has 1 heterocycles. The lowest BCUT2D eigenvalue weighted by molar-refractivity contribution is -0.275. The van der Waals surface area contributed by atoms with Gasteiger partial charge in [0.2, 0.25) is 0 Å². The summed E-state index contributed by atoms with van der Waals surface area (Å²) in [6.07, 6.45) is -4.41. The zero-order valence-corrected chi connectivity index (χ0v) is 9.21. The average molecular weight is 264 g/mol. The van der Waals surface area contributed by atoms with Crippen LogP contribution < -0.4 is 9.47 Å². The molecule has 0 bridgehead atoms. The molecule has 0 N–H and O–H groups in total. The molecule has 1 aromatic heterocycles. The summed E-state index contributed by atoms with van der Waals surface area (Å²) in [6, 6.07) is 1.64. The maximum atomic E-state index is 12.6. The molecule has 0 aliphatic heterocycles. The van der Waals surface area contributed by atoms with Gasteiger partial charge in [0.1, 0.15) is 6.67 Å². The number of hydrogen-bond donors (Lipinski definition) is 0. The Morgan fingerprint density at radius 1 is 1.44 bits per heavy atom. The third kappa shape index (κ3) is 3.23. The number of hydrogen-bond acceptors (Lipinski definition) is 4. The molecule has 8 heteroatoms. The summed E-state index contributed by atoms with van der Waals surface area (Å²) < 4.78 is 57.7. The standard InChI is InChI=1S/C10H8F4N2O2/c1-17-9-8(18-10(12,13)14)7(2-3-15)6(4-11)5-16-9/h5H,2,4H2,1H3. The van der Waals surface area contributed by atoms with Gasteiger partial charge in [-0.05, 0) is 0 Å². The number of methoxy groups -OCH3 is 1. The number of alkyl halides is 4. The highest BCUT2D eigenvalue weighted by atomic mass is 19.4. The SMILES string of the molecule is COc1ncc(CF)c(CC#N)c1OC(F)(F)F. The molecule has 0 amide bonds. The van der Waals surface area contributed by atoms with Crippen molar-refractivity contribution < 1.29 is 27.0 Å².